The van der Waals surface area contributed by atoms with Gasteiger partial charge in [-0.05, 0) is 41.5 Å². The van der Waals surface area contributed by atoms with E-state index in [-0.39, 0.29) is 5.41 Å². The number of hydrogen-bond acceptors (Lipinski definition) is 7. The van der Waals surface area contributed by atoms with Crippen LogP contribution in [0.15, 0.2) is 71.7 Å². The van der Waals surface area contributed by atoms with Gasteiger partial charge < -0.3 is 14.0 Å². The molecule has 2 aromatic heterocycles. The zero-order valence-electron chi connectivity index (χ0n) is 17.1. The highest BCUT2D eigenvalue weighted by atomic mass is 16.5. The maximum atomic E-state index is 5.90. The third-order valence-corrected chi connectivity index (χ3v) is 5.05. The second-order valence-electron chi connectivity index (χ2n) is 7.29. The van der Waals surface area contributed by atoms with Crippen molar-refractivity contribution in [3.63, 3.8) is 0 Å². The van der Waals surface area contributed by atoms with Crippen molar-refractivity contribution < 1.29 is 14.0 Å². The molecule has 0 amide bonds. The van der Waals surface area contributed by atoms with E-state index in [1.165, 1.54) is 17.5 Å². The van der Waals surface area contributed by atoms with Gasteiger partial charge in [0.05, 0.1) is 12.8 Å². The predicted molar refractivity (Wildman–Crippen MR) is 111 cm³/mol. The average Bonchev–Trinajstić information content (AvgIpc) is 3.33. The fraction of sp³-hybridized carbons (Fsp3) is 0.217. The molecule has 0 fully saturated rings. The average molecular weight is 402 g/mol. The fourth-order valence-electron chi connectivity index (χ4n) is 3.15. The quantitative estimate of drug-likeness (QED) is 0.452. The number of methoxy groups -OCH3 is 1. The van der Waals surface area contributed by atoms with Crippen LogP contribution in [0.4, 0.5) is 0 Å². The first kappa shape index (κ1) is 19.6. The lowest BCUT2D eigenvalue weighted by atomic mass is 9.78. The van der Waals surface area contributed by atoms with Crippen LogP contribution in [0.1, 0.15) is 30.7 Å². The van der Waals surface area contributed by atoms with Crippen LogP contribution in [0.25, 0.3) is 11.6 Å². The van der Waals surface area contributed by atoms with Crippen LogP contribution in [0.5, 0.6) is 11.5 Å². The highest BCUT2D eigenvalue weighted by molar-refractivity contribution is 5.42. The maximum absolute atomic E-state index is 5.90. The molecule has 7 nitrogen and oxygen atoms in total. The molecule has 0 saturated carbocycles. The molecule has 0 spiro atoms. The third-order valence-electron chi connectivity index (χ3n) is 5.05. The molecule has 2 heterocycles. The molecule has 0 aliphatic carbocycles. The van der Waals surface area contributed by atoms with E-state index in [4.69, 9.17) is 14.0 Å². The van der Waals surface area contributed by atoms with Gasteiger partial charge in [-0.3, -0.25) is 0 Å². The summed E-state index contributed by atoms with van der Waals surface area (Å²) < 4.78 is 15.9. The van der Waals surface area contributed by atoms with Crippen molar-refractivity contribution in [2.24, 2.45) is 0 Å². The molecular weight excluding hydrogens is 380 g/mol. The van der Waals surface area contributed by atoms with Crippen molar-refractivity contribution in [3.05, 3.63) is 84.0 Å². The monoisotopic (exact) mass is 402 g/mol. The Labute approximate surface area is 174 Å². The van der Waals surface area contributed by atoms with Crippen LogP contribution in [0.2, 0.25) is 0 Å². The number of rotatable bonds is 7. The lowest BCUT2D eigenvalue weighted by Crippen LogP contribution is -2.18. The molecule has 4 aromatic rings. The van der Waals surface area contributed by atoms with Crippen molar-refractivity contribution in [3.8, 4) is 23.1 Å². The Morgan fingerprint density at radius 3 is 2.10 bits per heavy atom. The van der Waals surface area contributed by atoms with Gasteiger partial charge in [-0.15, -0.1) is 0 Å². The van der Waals surface area contributed by atoms with Crippen LogP contribution in [0, 0.1) is 0 Å². The summed E-state index contributed by atoms with van der Waals surface area (Å²) in [5.74, 6) is 2.37. The molecule has 0 aliphatic rings. The van der Waals surface area contributed by atoms with Crippen molar-refractivity contribution in [2.75, 3.05) is 7.11 Å². The van der Waals surface area contributed by atoms with Gasteiger partial charge in [0.2, 0.25) is 18.0 Å². The van der Waals surface area contributed by atoms with Crippen LogP contribution >= 0.6 is 0 Å². The number of benzene rings is 2. The first-order valence-electron chi connectivity index (χ1n) is 9.53. The van der Waals surface area contributed by atoms with E-state index in [1.54, 1.807) is 19.4 Å². The zero-order chi connectivity index (χ0) is 21.0. The summed E-state index contributed by atoms with van der Waals surface area (Å²) in [5, 5.41) is 3.75. The molecule has 7 heteroatoms. The van der Waals surface area contributed by atoms with Crippen molar-refractivity contribution in [2.45, 2.75) is 25.9 Å². The van der Waals surface area contributed by atoms with Crippen LogP contribution in [0.3, 0.4) is 0 Å². The summed E-state index contributed by atoms with van der Waals surface area (Å²) in [7, 11) is 1.67. The number of nitrogens with zero attached hydrogens (tertiary/aromatic N) is 4. The van der Waals surface area contributed by atoms with Crippen LogP contribution in [-0.2, 0) is 12.0 Å². The number of hydrogen-bond donors (Lipinski definition) is 0. The van der Waals surface area contributed by atoms with Gasteiger partial charge in [0.1, 0.15) is 18.1 Å². The van der Waals surface area contributed by atoms with E-state index in [0.717, 1.165) is 17.2 Å². The molecule has 0 saturated heterocycles. The Morgan fingerprint density at radius 2 is 1.50 bits per heavy atom. The minimum atomic E-state index is -0.142. The van der Waals surface area contributed by atoms with Crippen molar-refractivity contribution in [1.82, 2.24) is 20.1 Å². The Bertz CT molecular complexity index is 1090. The lowest BCUT2D eigenvalue weighted by molar-refractivity contribution is 0.301. The van der Waals surface area contributed by atoms with E-state index < -0.39 is 0 Å². The summed E-state index contributed by atoms with van der Waals surface area (Å²) in [4.78, 5) is 12.5. The second kappa shape index (κ2) is 8.32. The molecule has 30 heavy (non-hydrogen) atoms. The van der Waals surface area contributed by atoms with E-state index >= 15 is 0 Å². The Kier molecular flexibility index (Phi) is 5.43. The van der Waals surface area contributed by atoms with Crippen molar-refractivity contribution in [1.29, 1.82) is 0 Å². The summed E-state index contributed by atoms with van der Waals surface area (Å²) in [6.45, 7) is 4.71. The fourth-order valence-corrected chi connectivity index (χ4v) is 3.15. The Balaban J connectivity index is 1.44. The molecule has 4 rings (SSSR count). The Hall–Kier alpha value is -3.74. The molecule has 0 atom stereocenters. The van der Waals surface area contributed by atoms with Gasteiger partial charge in [-0.25, -0.2) is 9.97 Å². The summed E-state index contributed by atoms with van der Waals surface area (Å²) in [5.41, 5.74) is 3.00. The largest absolute Gasteiger partial charge is 0.497 e. The third kappa shape index (κ3) is 4.15. The first-order valence-corrected chi connectivity index (χ1v) is 9.53. The number of aromatic nitrogens is 4. The standard InChI is InChI=1S/C23H22N4O3/c1-23(2,16-4-8-19(28-3)9-5-16)17-6-10-20(11-7-17)29-14-18-12-13-24-21(26-18)22-25-15-30-27-22/h4-13,15H,14H2,1-3H3. The van der Waals surface area contributed by atoms with Crippen molar-refractivity contribution >= 4 is 0 Å². The van der Waals surface area contributed by atoms with Gasteiger partial charge in [-0.2, -0.15) is 4.98 Å². The van der Waals surface area contributed by atoms with E-state index in [1.807, 2.05) is 24.3 Å². The van der Waals surface area contributed by atoms with Gasteiger partial charge in [0, 0.05) is 11.6 Å². The second-order valence-corrected chi connectivity index (χ2v) is 7.29. The van der Waals surface area contributed by atoms with E-state index in [2.05, 4.69) is 58.2 Å². The molecule has 0 aliphatic heterocycles. The zero-order valence-corrected chi connectivity index (χ0v) is 17.1. The van der Waals surface area contributed by atoms with Crippen LogP contribution in [-0.4, -0.2) is 27.2 Å². The lowest BCUT2D eigenvalue weighted by Gasteiger charge is -2.26. The topological polar surface area (TPSA) is 83.2 Å². The summed E-state index contributed by atoms with van der Waals surface area (Å²) in [6, 6.07) is 18.1. The minimum absolute atomic E-state index is 0.142. The summed E-state index contributed by atoms with van der Waals surface area (Å²) >= 11 is 0. The van der Waals surface area contributed by atoms with E-state index in [0.29, 0.717) is 18.3 Å². The molecule has 152 valence electrons. The molecule has 0 bridgehead atoms. The maximum Gasteiger partial charge on any atom is 0.239 e. The number of ether oxygens (including phenoxy) is 2. The summed E-state index contributed by atoms with van der Waals surface area (Å²) in [6.07, 6.45) is 2.90. The van der Waals surface area contributed by atoms with Crippen LogP contribution < -0.4 is 9.47 Å². The SMILES string of the molecule is COc1ccc(C(C)(C)c2ccc(OCc3ccnc(-c4ncon4)n3)cc2)cc1. The normalized spacial score (nSPS) is 11.3. The first-order chi connectivity index (χ1) is 14.6. The van der Waals surface area contributed by atoms with Gasteiger partial charge in [0.25, 0.3) is 0 Å². The van der Waals surface area contributed by atoms with Gasteiger partial charge >= 0.3 is 0 Å². The van der Waals surface area contributed by atoms with Gasteiger partial charge in [-0.1, -0.05) is 43.3 Å². The smallest absolute Gasteiger partial charge is 0.239 e. The molecule has 0 N–H and O–H groups in total. The highest BCUT2D eigenvalue weighted by Gasteiger charge is 2.23. The Morgan fingerprint density at radius 1 is 0.833 bits per heavy atom. The molecule has 0 radical (unpaired) electrons. The highest BCUT2D eigenvalue weighted by Crippen LogP contribution is 2.33. The van der Waals surface area contributed by atoms with E-state index in [9.17, 15) is 0 Å². The minimum Gasteiger partial charge on any atom is -0.497 e. The molecule has 2 aromatic carbocycles. The molecule has 0 unspecified atom stereocenters. The predicted octanol–water partition coefficient (Wildman–Crippen LogP) is 4.44. The molecular formula is C23H22N4O3. The van der Waals surface area contributed by atoms with Gasteiger partial charge in [0.15, 0.2) is 0 Å².